The Labute approximate surface area is 264 Å². The normalized spacial score (nSPS) is 11.6. The van der Waals surface area contributed by atoms with Crippen molar-refractivity contribution < 1.29 is 0 Å². The number of hydrogen-bond donors (Lipinski definition) is 0. The minimum Gasteiger partial charge on any atom is -0.247 e. The Morgan fingerprint density at radius 2 is 1.02 bits per heavy atom. The van der Waals surface area contributed by atoms with Gasteiger partial charge in [0.25, 0.3) is 0 Å². The van der Waals surface area contributed by atoms with E-state index in [1.807, 2.05) is 35.6 Å². The number of hydrogen-bond acceptors (Lipinski definition) is 4. The molecule has 6 aromatic carbocycles. The number of para-hydroxylation sites is 1. The van der Waals surface area contributed by atoms with Crippen molar-refractivity contribution in [2.75, 3.05) is 0 Å². The van der Waals surface area contributed by atoms with Gasteiger partial charge in [-0.25, -0.2) is 15.0 Å². The summed E-state index contributed by atoms with van der Waals surface area (Å²) in [6.45, 7) is 0. The largest absolute Gasteiger partial charge is 0.247 e. The van der Waals surface area contributed by atoms with E-state index in [0.717, 1.165) is 55.6 Å². The number of thiophene rings is 1. The lowest BCUT2D eigenvalue weighted by molar-refractivity contribution is 1.19. The molecule has 0 spiro atoms. The van der Waals surface area contributed by atoms with Crippen molar-refractivity contribution in [2.24, 2.45) is 0 Å². The molecule has 210 valence electrons. The van der Waals surface area contributed by atoms with E-state index in [9.17, 15) is 0 Å². The van der Waals surface area contributed by atoms with Crippen LogP contribution >= 0.6 is 11.3 Å². The minimum absolute atomic E-state index is 0.709. The Morgan fingerprint density at radius 3 is 1.78 bits per heavy atom. The first kappa shape index (κ1) is 25.8. The van der Waals surface area contributed by atoms with Gasteiger partial charge in [-0.2, -0.15) is 0 Å². The van der Waals surface area contributed by atoms with Crippen molar-refractivity contribution >= 4 is 53.2 Å². The molecule has 0 atom stereocenters. The quantitative estimate of drug-likeness (QED) is 0.191. The first-order valence-electron chi connectivity index (χ1n) is 15.0. The number of pyridine rings is 1. The Balaban J connectivity index is 1.46. The van der Waals surface area contributed by atoms with Gasteiger partial charge in [-0.3, -0.25) is 0 Å². The highest BCUT2D eigenvalue weighted by atomic mass is 32.1. The van der Waals surface area contributed by atoms with E-state index < -0.39 is 0 Å². The van der Waals surface area contributed by atoms with Gasteiger partial charge in [0.1, 0.15) is 0 Å². The van der Waals surface area contributed by atoms with Gasteiger partial charge in [0, 0.05) is 58.6 Å². The fraction of sp³-hybridized carbons (Fsp3) is 0. The molecule has 3 heterocycles. The van der Waals surface area contributed by atoms with Gasteiger partial charge in [-0.1, -0.05) is 127 Å². The molecule has 0 saturated heterocycles. The number of nitrogens with zero attached hydrogens (tertiary/aromatic N) is 3. The van der Waals surface area contributed by atoms with Crippen LogP contribution < -0.4 is 0 Å². The summed E-state index contributed by atoms with van der Waals surface area (Å²) in [6, 6.07) is 52.9. The molecule has 0 aliphatic rings. The number of fused-ring (bicyclic) bond motifs is 7. The topological polar surface area (TPSA) is 38.7 Å². The maximum absolute atomic E-state index is 5.28. The zero-order valence-corrected chi connectivity index (χ0v) is 25.0. The first-order valence-corrected chi connectivity index (χ1v) is 15.9. The average Bonchev–Trinajstić information content (AvgIpc) is 3.51. The SMILES string of the molecule is c1ccc(-c2cc(-c3cc4c(-c5ccccc5)nc5ccccc5c4c4c3sc3ccccc34)nc(-c3ccccc3)n2)cc1. The van der Waals surface area contributed by atoms with Crippen LogP contribution in [0.3, 0.4) is 0 Å². The van der Waals surface area contributed by atoms with Gasteiger partial charge in [0.2, 0.25) is 0 Å². The highest BCUT2D eigenvalue weighted by Crippen LogP contribution is 2.47. The molecular weight excluding hydrogens is 567 g/mol. The van der Waals surface area contributed by atoms with E-state index in [0.29, 0.717) is 5.82 Å². The van der Waals surface area contributed by atoms with Gasteiger partial charge in [-0.05, 0) is 24.3 Å². The summed E-state index contributed by atoms with van der Waals surface area (Å²) in [5.41, 5.74) is 7.99. The van der Waals surface area contributed by atoms with Crippen LogP contribution in [-0.4, -0.2) is 15.0 Å². The van der Waals surface area contributed by atoms with E-state index in [2.05, 4.69) is 127 Å². The zero-order valence-electron chi connectivity index (χ0n) is 24.2. The molecule has 0 N–H and O–H groups in total. The third kappa shape index (κ3) is 4.30. The molecular formula is C41H25N3S. The molecule has 4 heteroatoms. The first-order chi connectivity index (χ1) is 22.3. The summed E-state index contributed by atoms with van der Waals surface area (Å²) >= 11 is 1.83. The predicted octanol–water partition coefficient (Wildman–Crippen LogP) is 11.2. The summed E-state index contributed by atoms with van der Waals surface area (Å²) in [4.78, 5) is 15.6. The van der Waals surface area contributed by atoms with Crippen LogP contribution in [0.25, 0.3) is 87.0 Å². The van der Waals surface area contributed by atoms with Crippen molar-refractivity contribution in [3.63, 3.8) is 0 Å². The third-order valence-electron chi connectivity index (χ3n) is 8.46. The van der Waals surface area contributed by atoms with E-state index in [1.165, 1.54) is 25.6 Å². The molecule has 0 unspecified atom stereocenters. The van der Waals surface area contributed by atoms with Crippen LogP contribution in [0.2, 0.25) is 0 Å². The number of aromatic nitrogens is 3. The van der Waals surface area contributed by atoms with Crippen molar-refractivity contribution in [1.29, 1.82) is 0 Å². The molecule has 0 radical (unpaired) electrons. The molecule has 0 aliphatic carbocycles. The van der Waals surface area contributed by atoms with Gasteiger partial charge >= 0.3 is 0 Å². The lowest BCUT2D eigenvalue weighted by Crippen LogP contribution is -1.97. The fourth-order valence-electron chi connectivity index (χ4n) is 6.39. The molecule has 9 rings (SSSR count). The van der Waals surface area contributed by atoms with Crippen molar-refractivity contribution in [1.82, 2.24) is 15.0 Å². The molecule has 0 aliphatic heterocycles. The van der Waals surface area contributed by atoms with Crippen LogP contribution in [-0.2, 0) is 0 Å². The second-order valence-electron chi connectivity index (χ2n) is 11.2. The summed E-state index contributed by atoms with van der Waals surface area (Å²) in [5.74, 6) is 0.709. The molecule has 3 aromatic heterocycles. The van der Waals surface area contributed by atoms with Gasteiger partial charge < -0.3 is 0 Å². The second-order valence-corrected chi connectivity index (χ2v) is 12.2. The summed E-state index contributed by atoms with van der Waals surface area (Å²) in [6.07, 6.45) is 0. The van der Waals surface area contributed by atoms with Crippen molar-refractivity contribution in [2.45, 2.75) is 0 Å². The van der Waals surface area contributed by atoms with Crippen molar-refractivity contribution in [3.8, 4) is 45.2 Å². The Kier molecular flexibility index (Phi) is 6.00. The van der Waals surface area contributed by atoms with Crippen molar-refractivity contribution in [3.05, 3.63) is 152 Å². The summed E-state index contributed by atoms with van der Waals surface area (Å²) in [7, 11) is 0. The smallest absolute Gasteiger partial charge is 0.160 e. The molecule has 9 aromatic rings. The van der Waals surface area contributed by atoms with Crippen LogP contribution in [0.5, 0.6) is 0 Å². The molecule has 45 heavy (non-hydrogen) atoms. The lowest BCUT2D eigenvalue weighted by atomic mass is 9.93. The number of benzene rings is 6. The average molecular weight is 592 g/mol. The van der Waals surface area contributed by atoms with Crippen LogP contribution in [0.1, 0.15) is 0 Å². The van der Waals surface area contributed by atoms with Crippen LogP contribution in [0, 0.1) is 0 Å². The van der Waals surface area contributed by atoms with Crippen LogP contribution in [0.15, 0.2) is 152 Å². The van der Waals surface area contributed by atoms with E-state index in [1.54, 1.807) is 0 Å². The second kappa shape index (κ2) is 10.5. The zero-order chi connectivity index (χ0) is 29.7. The summed E-state index contributed by atoms with van der Waals surface area (Å²) < 4.78 is 2.47. The maximum Gasteiger partial charge on any atom is 0.160 e. The Bertz CT molecular complexity index is 2460. The Hall–Kier alpha value is -5.71. The van der Waals surface area contributed by atoms with Crippen LogP contribution in [0.4, 0.5) is 0 Å². The molecule has 0 bridgehead atoms. The monoisotopic (exact) mass is 591 g/mol. The molecule has 0 saturated carbocycles. The number of rotatable bonds is 4. The van der Waals surface area contributed by atoms with Gasteiger partial charge in [0.15, 0.2) is 5.82 Å². The fourth-order valence-corrected chi connectivity index (χ4v) is 7.63. The highest BCUT2D eigenvalue weighted by Gasteiger charge is 2.21. The Morgan fingerprint density at radius 1 is 0.422 bits per heavy atom. The molecule has 0 fully saturated rings. The third-order valence-corrected chi connectivity index (χ3v) is 9.66. The minimum atomic E-state index is 0.709. The molecule has 3 nitrogen and oxygen atoms in total. The van der Waals surface area contributed by atoms with E-state index in [-0.39, 0.29) is 0 Å². The predicted molar refractivity (Wildman–Crippen MR) is 189 cm³/mol. The van der Waals surface area contributed by atoms with Gasteiger partial charge in [0.05, 0.1) is 22.6 Å². The summed E-state index contributed by atoms with van der Waals surface area (Å²) in [5, 5.41) is 6.01. The molecule has 0 amide bonds. The standard InChI is InChI=1S/C41H25N3S/c1-4-14-26(15-5-1)34-25-35(44-41(43-34)28-18-8-3-9-19-28)31-24-32-37(38-30-21-11-13-23-36(30)45-40(31)38)29-20-10-12-22-33(29)42-39(32)27-16-6-2-7-17-27/h1-25H. The van der Waals surface area contributed by atoms with E-state index in [4.69, 9.17) is 15.0 Å². The highest BCUT2D eigenvalue weighted by molar-refractivity contribution is 7.26. The van der Waals surface area contributed by atoms with Gasteiger partial charge in [-0.15, -0.1) is 11.3 Å². The lowest BCUT2D eigenvalue weighted by Gasteiger charge is -2.15. The van der Waals surface area contributed by atoms with E-state index >= 15 is 0 Å². The maximum atomic E-state index is 5.28.